The van der Waals surface area contributed by atoms with Gasteiger partial charge in [-0.05, 0) is 49.4 Å². The van der Waals surface area contributed by atoms with Crippen LogP contribution < -0.4 is 5.73 Å². The zero-order valence-corrected chi connectivity index (χ0v) is 11.3. The first kappa shape index (κ1) is 12.0. The molecule has 0 radical (unpaired) electrons. The third-order valence-corrected chi connectivity index (χ3v) is 5.67. The molecular weight excluding hydrogens is 208 g/mol. The fourth-order valence-electron chi connectivity index (χ4n) is 4.63. The fourth-order valence-corrected chi connectivity index (χ4v) is 4.63. The minimum atomic E-state index is 0.408. The average molecular weight is 236 g/mol. The third-order valence-electron chi connectivity index (χ3n) is 5.67. The van der Waals surface area contributed by atoms with Crippen molar-refractivity contribution in [3.63, 3.8) is 0 Å². The lowest BCUT2D eigenvalue weighted by molar-refractivity contribution is 0.0500. The zero-order chi connectivity index (χ0) is 11.9. The van der Waals surface area contributed by atoms with E-state index in [4.69, 9.17) is 5.73 Å². The molecule has 0 aromatic heterocycles. The van der Waals surface area contributed by atoms with Crippen LogP contribution in [0, 0.1) is 17.3 Å². The highest BCUT2D eigenvalue weighted by atomic mass is 15.1. The molecule has 3 rings (SSSR count). The SMILES string of the molecule is CC1(CN2CC3CCCC(C3)C2)CCCC1N. The largest absolute Gasteiger partial charge is 0.327 e. The Morgan fingerprint density at radius 1 is 1.12 bits per heavy atom. The molecule has 4 atom stereocenters. The van der Waals surface area contributed by atoms with E-state index < -0.39 is 0 Å². The van der Waals surface area contributed by atoms with E-state index in [2.05, 4.69) is 11.8 Å². The molecule has 1 heterocycles. The molecule has 2 bridgehead atoms. The highest BCUT2D eigenvalue weighted by molar-refractivity contribution is 4.95. The summed E-state index contributed by atoms with van der Waals surface area (Å²) in [4.78, 5) is 2.75. The van der Waals surface area contributed by atoms with E-state index in [1.54, 1.807) is 0 Å². The maximum absolute atomic E-state index is 6.32. The van der Waals surface area contributed by atoms with Gasteiger partial charge in [0.25, 0.3) is 0 Å². The molecule has 98 valence electrons. The fraction of sp³-hybridized carbons (Fsp3) is 1.00. The molecule has 0 amide bonds. The second-order valence-electron chi connectivity index (χ2n) is 7.25. The van der Waals surface area contributed by atoms with Crippen LogP contribution in [0.2, 0.25) is 0 Å². The van der Waals surface area contributed by atoms with Gasteiger partial charge in [0, 0.05) is 25.7 Å². The molecule has 17 heavy (non-hydrogen) atoms. The molecule has 0 aromatic rings. The van der Waals surface area contributed by atoms with Crippen molar-refractivity contribution in [1.82, 2.24) is 4.90 Å². The summed E-state index contributed by atoms with van der Waals surface area (Å²) in [5, 5.41) is 0. The van der Waals surface area contributed by atoms with Crippen LogP contribution in [0.3, 0.4) is 0 Å². The molecule has 1 saturated heterocycles. The predicted molar refractivity (Wildman–Crippen MR) is 71.8 cm³/mol. The highest BCUT2D eigenvalue weighted by Gasteiger charge is 2.40. The second kappa shape index (κ2) is 4.55. The Kier molecular flexibility index (Phi) is 3.20. The van der Waals surface area contributed by atoms with E-state index in [1.807, 2.05) is 0 Å². The monoisotopic (exact) mass is 236 g/mol. The van der Waals surface area contributed by atoms with Gasteiger partial charge < -0.3 is 10.6 Å². The molecule has 1 aliphatic heterocycles. The van der Waals surface area contributed by atoms with Gasteiger partial charge in [-0.15, -0.1) is 0 Å². The Morgan fingerprint density at radius 3 is 2.41 bits per heavy atom. The number of fused-ring (bicyclic) bond motifs is 2. The lowest BCUT2D eigenvalue weighted by Gasteiger charge is -2.45. The third kappa shape index (κ3) is 2.39. The Hall–Kier alpha value is -0.0800. The Bertz CT molecular complexity index is 266. The van der Waals surface area contributed by atoms with Crippen LogP contribution in [0.4, 0.5) is 0 Å². The van der Waals surface area contributed by atoms with Crippen molar-refractivity contribution in [1.29, 1.82) is 0 Å². The topological polar surface area (TPSA) is 29.3 Å². The van der Waals surface area contributed by atoms with Crippen LogP contribution >= 0.6 is 0 Å². The summed E-state index contributed by atoms with van der Waals surface area (Å²) in [6.07, 6.45) is 9.90. The Labute approximate surface area is 106 Å². The molecule has 0 aromatic carbocycles. The maximum atomic E-state index is 6.32. The van der Waals surface area contributed by atoms with Gasteiger partial charge in [-0.2, -0.15) is 0 Å². The summed E-state index contributed by atoms with van der Waals surface area (Å²) in [5.41, 5.74) is 6.73. The zero-order valence-electron chi connectivity index (χ0n) is 11.3. The van der Waals surface area contributed by atoms with E-state index in [-0.39, 0.29) is 0 Å². The van der Waals surface area contributed by atoms with E-state index in [9.17, 15) is 0 Å². The summed E-state index contributed by atoms with van der Waals surface area (Å²) in [7, 11) is 0. The number of rotatable bonds is 2. The van der Waals surface area contributed by atoms with Crippen molar-refractivity contribution in [2.24, 2.45) is 23.0 Å². The standard InChI is InChI=1S/C15H28N2/c1-15(7-3-6-14(15)16)11-17-9-12-4-2-5-13(8-12)10-17/h12-14H,2-11,16H2,1H3. The summed E-state index contributed by atoms with van der Waals surface area (Å²) < 4.78 is 0. The van der Waals surface area contributed by atoms with Crippen molar-refractivity contribution < 1.29 is 0 Å². The van der Waals surface area contributed by atoms with E-state index >= 15 is 0 Å². The lowest BCUT2D eigenvalue weighted by atomic mass is 9.76. The second-order valence-corrected chi connectivity index (χ2v) is 7.25. The van der Waals surface area contributed by atoms with Crippen LogP contribution in [0.1, 0.15) is 51.9 Å². The first-order chi connectivity index (χ1) is 8.16. The van der Waals surface area contributed by atoms with Crippen LogP contribution in [-0.2, 0) is 0 Å². The normalized spacial score (nSPS) is 47.3. The van der Waals surface area contributed by atoms with E-state index in [1.165, 1.54) is 64.6 Å². The number of likely N-dealkylation sites (tertiary alicyclic amines) is 1. The molecule has 3 fully saturated rings. The number of piperidine rings is 1. The Morgan fingerprint density at radius 2 is 1.82 bits per heavy atom. The van der Waals surface area contributed by atoms with Crippen molar-refractivity contribution in [3.8, 4) is 0 Å². The molecule has 2 aliphatic carbocycles. The minimum absolute atomic E-state index is 0.408. The highest BCUT2D eigenvalue weighted by Crippen LogP contribution is 2.40. The van der Waals surface area contributed by atoms with Crippen molar-refractivity contribution in [3.05, 3.63) is 0 Å². The van der Waals surface area contributed by atoms with Gasteiger partial charge in [0.15, 0.2) is 0 Å². The molecule has 2 saturated carbocycles. The maximum Gasteiger partial charge on any atom is 0.0105 e. The number of hydrogen-bond donors (Lipinski definition) is 1. The summed E-state index contributed by atoms with van der Waals surface area (Å²) in [5.74, 6) is 2.01. The lowest BCUT2D eigenvalue weighted by Crippen LogP contribution is -2.50. The molecule has 2 nitrogen and oxygen atoms in total. The van der Waals surface area contributed by atoms with Gasteiger partial charge in [0.2, 0.25) is 0 Å². The first-order valence-electron chi connectivity index (χ1n) is 7.64. The first-order valence-corrected chi connectivity index (χ1v) is 7.64. The Balaban J connectivity index is 1.61. The summed E-state index contributed by atoms with van der Waals surface area (Å²) in [6, 6.07) is 0.448. The summed E-state index contributed by atoms with van der Waals surface area (Å²) in [6.45, 7) is 6.41. The minimum Gasteiger partial charge on any atom is -0.327 e. The van der Waals surface area contributed by atoms with Crippen molar-refractivity contribution >= 4 is 0 Å². The molecule has 4 unspecified atom stereocenters. The summed E-state index contributed by atoms with van der Waals surface area (Å²) >= 11 is 0. The smallest absolute Gasteiger partial charge is 0.0105 e. The quantitative estimate of drug-likeness (QED) is 0.798. The molecule has 2 heteroatoms. The molecular formula is C15H28N2. The van der Waals surface area contributed by atoms with Crippen molar-refractivity contribution in [2.45, 2.75) is 57.9 Å². The van der Waals surface area contributed by atoms with Crippen molar-refractivity contribution in [2.75, 3.05) is 19.6 Å². The van der Waals surface area contributed by atoms with Gasteiger partial charge in [0.1, 0.15) is 0 Å². The predicted octanol–water partition coefficient (Wildman–Crippen LogP) is 2.63. The van der Waals surface area contributed by atoms with Crippen LogP contribution in [0.5, 0.6) is 0 Å². The molecule has 2 N–H and O–H groups in total. The number of hydrogen-bond acceptors (Lipinski definition) is 2. The van der Waals surface area contributed by atoms with Crippen LogP contribution in [0.25, 0.3) is 0 Å². The van der Waals surface area contributed by atoms with Gasteiger partial charge in [-0.1, -0.05) is 19.8 Å². The molecule has 3 aliphatic rings. The van der Waals surface area contributed by atoms with Crippen LogP contribution in [-0.4, -0.2) is 30.6 Å². The number of nitrogens with two attached hydrogens (primary N) is 1. The average Bonchev–Trinajstić information content (AvgIpc) is 2.58. The van der Waals surface area contributed by atoms with Gasteiger partial charge >= 0.3 is 0 Å². The van der Waals surface area contributed by atoms with Gasteiger partial charge in [0.05, 0.1) is 0 Å². The van der Waals surface area contributed by atoms with Gasteiger partial charge in [-0.3, -0.25) is 0 Å². The van der Waals surface area contributed by atoms with E-state index in [0.717, 1.165) is 11.8 Å². The van der Waals surface area contributed by atoms with Gasteiger partial charge in [-0.25, -0.2) is 0 Å². The molecule has 0 spiro atoms. The number of nitrogens with zero attached hydrogens (tertiary/aromatic N) is 1. The van der Waals surface area contributed by atoms with E-state index in [0.29, 0.717) is 11.5 Å². The van der Waals surface area contributed by atoms with Crippen LogP contribution in [0.15, 0.2) is 0 Å².